The van der Waals surface area contributed by atoms with Gasteiger partial charge in [0.1, 0.15) is 12.1 Å². The van der Waals surface area contributed by atoms with E-state index in [0.717, 1.165) is 5.56 Å². The second kappa shape index (κ2) is 10.1. The van der Waals surface area contributed by atoms with Crippen molar-refractivity contribution in [2.75, 3.05) is 12.0 Å². The first-order valence-corrected chi connectivity index (χ1v) is 9.55. The standard InChI is InChI=1S/C18H26N2O4S/c1-11(2)15(17(22)19-14(18(23)24)8-9-25-4)20-16(21)13-7-5-6-12(3)10-13/h5-7,10-11,14-15H,8-9H2,1-4H3,(H,19,22)(H,20,21)(H,23,24)/t14-,15-/m0/s1. The van der Waals surface area contributed by atoms with Crippen LogP contribution in [-0.2, 0) is 9.59 Å². The number of hydrogen-bond donors (Lipinski definition) is 3. The number of carboxylic acids is 1. The van der Waals surface area contributed by atoms with Crippen LogP contribution in [0.3, 0.4) is 0 Å². The summed E-state index contributed by atoms with van der Waals surface area (Å²) in [4.78, 5) is 36.2. The summed E-state index contributed by atoms with van der Waals surface area (Å²) in [6.07, 6.45) is 2.21. The normalized spacial score (nSPS) is 13.2. The molecule has 0 aliphatic carbocycles. The molecule has 0 unspecified atom stereocenters. The van der Waals surface area contributed by atoms with Crippen molar-refractivity contribution in [3.05, 3.63) is 35.4 Å². The molecule has 6 nitrogen and oxygen atoms in total. The Morgan fingerprint density at radius 3 is 2.40 bits per heavy atom. The summed E-state index contributed by atoms with van der Waals surface area (Å²) in [7, 11) is 0. The summed E-state index contributed by atoms with van der Waals surface area (Å²) >= 11 is 1.51. The molecule has 1 rings (SSSR count). The lowest BCUT2D eigenvalue weighted by Crippen LogP contribution is -2.53. The fraction of sp³-hybridized carbons (Fsp3) is 0.500. The highest BCUT2D eigenvalue weighted by atomic mass is 32.2. The van der Waals surface area contributed by atoms with Crippen molar-refractivity contribution < 1.29 is 19.5 Å². The van der Waals surface area contributed by atoms with Crippen molar-refractivity contribution in [3.63, 3.8) is 0 Å². The minimum absolute atomic E-state index is 0.177. The Labute approximate surface area is 152 Å². The Kier molecular flexibility index (Phi) is 8.48. The predicted octanol–water partition coefficient (Wildman–Crippen LogP) is 2.07. The Balaban J connectivity index is 2.82. The first kappa shape index (κ1) is 21.0. The number of thioether (sulfide) groups is 1. The van der Waals surface area contributed by atoms with E-state index in [0.29, 0.717) is 17.7 Å². The quantitative estimate of drug-likeness (QED) is 0.622. The van der Waals surface area contributed by atoms with Crippen LogP contribution in [-0.4, -0.2) is 47.0 Å². The Hall–Kier alpha value is -2.02. The molecule has 1 aromatic carbocycles. The first-order chi connectivity index (χ1) is 11.8. The molecule has 0 aromatic heterocycles. The summed E-state index contributed by atoms with van der Waals surface area (Å²) in [6, 6.07) is 5.31. The highest BCUT2D eigenvalue weighted by Gasteiger charge is 2.28. The summed E-state index contributed by atoms with van der Waals surface area (Å²) in [5, 5.41) is 14.5. The van der Waals surface area contributed by atoms with E-state index in [1.807, 2.05) is 19.2 Å². The minimum Gasteiger partial charge on any atom is -0.480 e. The van der Waals surface area contributed by atoms with Crippen LogP contribution in [0, 0.1) is 12.8 Å². The molecule has 0 radical (unpaired) electrons. The van der Waals surface area contributed by atoms with Gasteiger partial charge in [0, 0.05) is 5.56 Å². The maximum absolute atomic E-state index is 12.5. The van der Waals surface area contributed by atoms with E-state index < -0.39 is 24.0 Å². The van der Waals surface area contributed by atoms with Gasteiger partial charge >= 0.3 is 5.97 Å². The number of benzene rings is 1. The number of hydrogen-bond acceptors (Lipinski definition) is 4. The highest BCUT2D eigenvalue weighted by molar-refractivity contribution is 7.98. The second-order valence-electron chi connectivity index (χ2n) is 6.25. The van der Waals surface area contributed by atoms with Crippen LogP contribution in [0.25, 0.3) is 0 Å². The molecule has 7 heteroatoms. The van der Waals surface area contributed by atoms with Crippen LogP contribution in [0.15, 0.2) is 24.3 Å². The molecule has 0 bridgehead atoms. The van der Waals surface area contributed by atoms with E-state index in [-0.39, 0.29) is 11.8 Å². The molecule has 0 heterocycles. The lowest BCUT2D eigenvalue weighted by Gasteiger charge is -2.24. The van der Waals surface area contributed by atoms with E-state index in [1.165, 1.54) is 11.8 Å². The summed E-state index contributed by atoms with van der Waals surface area (Å²) in [6.45, 7) is 5.49. The molecule has 138 valence electrons. The number of nitrogens with one attached hydrogen (secondary N) is 2. The molecular formula is C18H26N2O4S. The van der Waals surface area contributed by atoms with Crippen molar-refractivity contribution in [3.8, 4) is 0 Å². The number of carbonyl (C=O) groups is 3. The molecular weight excluding hydrogens is 340 g/mol. The van der Waals surface area contributed by atoms with Crippen molar-refractivity contribution in [1.29, 1.82) is 0 Å². The SMILES string of the molecule is CSCC[C@H](NC(=O)[C@@H](NC(=O)c1cccc(C)c1)C(C)C)C(=O)O. The fourth-order valence-electron chi connectivity index (χ4n) is 2.30. The predicted molar refractivity (Wildman–Crippen MR) is 99.8 cm³/mol. The topological polar surface area (TPSA) is 95.5 Å². The average Bonchev–Trinajstić information content (AvgIpc) is 2.55. The third kappa shape index (κ3) is 6.78. The van der Waals surface area contributed by atoms with Gasteiger partial charge in [-0.25, -0.2) is 4.79 Å². The molecule has 0 aliphatic rings. The summed E-state index contributed by atoms with van der Waals surface area (Å²) < 4.78 is 0. The van der Waals surface area contributed by atoms with E-state index in [9.17, 15) is 19.5 Å². The van der Waals surface area contributed by atoms with Gasteiger partial charge in [0.15, 0.2) is 0 Å². The van der Waals surface area contributed by atoms with Crippen LogP contribution in [0.1, 0.15) is 36.2 Å². The molecule has 1 aromatic rings. The van der Waals surface area contributed by atoms with Gasteiger partial charge in [-0.05, 0) is 43.4 Å². The van der Waals surface area contributed by atoms with Gasteiger partial charge in [0.25, 0.3) is 5.91 Å². The van der Waals surface area contributed by atoms with Gasteiger partial charge in [0.05, 0.1) is 0 Å². The zero-order valence-electron chi connectivity index (χ0n) is 15.0. The zero-order chi connectivity index (χ0) is 19.0. The maximum Gasteiger partial charge on any atom is 0.326 e. The maximum atomic E-state index is 12.5. The molecule has 0 saturated carbocycles. The van der Waals surface area contributed by atoms with Gasteiger partial charge in [-0.3, -0.25) is 9.59 Å². The summed E-state index contributed by atoms with van der Waals surface area (Å²) in [5.74, 6) is -1.46. The van der Waals surface area contributed by atoms with Crippen LogP contribution < -0.4 is 10.6 Å². The Morgan fingerprint density at radius 2 is 1.88 bits per heavy atom. The lowest BCUT2D eigenvalue weighted by atomic mass is 10.0. The van der Waals surface area contributed by atoms with Crippen LogP contribution >= 0.6 is 11.8 Å². The smallest absolute Gasteiger partial charge is 0.326 e. The molecule has 3 N–H and O–H groups in total. The average molecular weight is 366 g/mol. The van der Waals surface area contributed by atoms with E-state index in [2.05, 4.69) is 10.6 Å². The molecule has 25 heavy (non-hydrogen) atoms. The van der Waals surface area contributed by atoms with Crippen molar-refractivity contribution in [1.82, 2.24) is 10.6 Å². The van der Waals surface area contributed by atoms with E-state index >= 15 is 0 Å². The highest BCUT2D eigenvalue weighted by Crippen LogP contribution is 2.09. The van der Waals surface area contributed by atoms with Gasteiger partial charge in [-0.2, -0.15) is 11.8 Å². The largest absolute Gasteiger partial charge is 0.480 e. The molecule has 0 saturated heterocycles. The van der Waals surface area contributed by atoms with Gasteiger partial charge in [0.2, 0.25) is 5.91 Å². The number of carboxylic acid groups (broad SMARTS) is 1. The summed E-state index contributed by atoms with van der Waals surface area (Å²) in [5.41, 5.74) is 1.41. The zero-order valence-corrected chi connectivity index (χ0v) is 15.9. The number of amides is 2. The minimum atomic E-state index is -1.07. The van der Waals surface area contributed by atoms with Gasteiger partial charge < -0.3 is 15.7 Å². The van der Waals surface area contributed by atoms with Crippen molar-refractivity contribution >= 4 is 29.5 Å². The fourth-order valence-corrected chi connectivity index (χ4v) is 2.77. The first-order valence-electron chi connectivity index (χ1n) is 8.16. The van der Waals surface area contributed by atoms with E-state index in [4.69, 9.17) is 0 Å². The Bertz CT molecular complexity index is 619. The third-order valence-corrected chi connectivity index (χ3v) is 4.39. The van der Waals surface area contributed by atoms with Gasteiger partial charge in [-0.15, -0.1) is 0 Å². The van der Waals surface area contributed by atoms with Crippen molar-refractivity contribution in [2.45, 2.75) is 39.3 Å². The molecule has 0 spiro atoms. The third-order valence-electron chi connectivity index (χ3n) is 3.74. The van der Waals surface area contributed by atoms with Gasteiger partial charge in [-0.1, -0.05) is 31.5 Å². The lowest BCUT2D eigenvalue weighted by molar-refractivity contribution is -0.142. The molecule has 2 atom stereocenters. The molecule has 0 aliphatic heterocycles. The Morgan fingerprint density at radius 1 is 1.20 bits per heavy atom. The monoisotopic (exact) mass is 366 g/mol. The number of carbonyl (C=O) groups excluding carboxylic acids is 2. The number of aliphatic carboxylic acids is 1. The second-order valence-corrected chi connectivity index (χ2v) is 7.23. The van der Waals surface area contributed by atoms with E-state index in [1.54, 1.807) is 32.0 Å². The molecule has 0 fully saturated rings. The van der Waals surface area contributed by atoms with Crippen LogP contribution in [0.5, 0.6) is 0 Å². The number of aryl methyl sites for hydroxylation is 1. The van der Waals surface area contributed by atoms with Crippen molar-refractivity contribution in [2.24, 2.45) is 5.92 Å². The van der Waals surface area contributed by atoms with Crippen LogP contribution in [0.2, 0.25) is 0 Å². The van der Waals surface area contributed by atoms with Crippen LogP contribution in [0.4, 0.5) is 0 Å². The number of rotatable bonds is 9. The molecule has 2 amide bonds.